The maximum absolute atomic E-state index is 12.6. The van der Waals surface area contributed by atoms with E-state index in [-0.39, 0.29) is 24.3 Å². The molecule has 0 spiro atoms. The number of ether oxygens (including phenoxy) is 1. The molecule has 5 nitrogen and oxygen atoms in total. The predicted molar refractivity (Wildman–Crippen MR) is 107 cm³/mol. The number of carbonyl (C=O) groups excluding carboxylic acids is 2. The Labute approximate surface area is 161 Å². The highest BCUT2D eigenvalue weighted by molar-refractivity contribution is 5.79. The number of hydrogen-bond donors (Lipinski definition) is 1. The van der Waals surface area contributed by atoms with Crippen LogP contribution >= 0.6 is 0 Å². The van der Waals surface area contributed by atoms with E-state index in [4.69, 9.17) is 4.74 Å². The summed E-state index contributed by atoms with van der Waals surface area (Å²) in [7, 11) is 1.75. The molecule has 1 unspecified atom stereocenters. The summed E-state index contributed by atoms with van der Waals surface area (Å²) in [5.74, 6) is 0.618. The monoisotopic (exact) mass is 368 g/mol. The highest BCUT2D eigenvalue weighted by Gasteiger charge is 2.19. The topological polar surface area (TPSA) is 58.6 Å². The molecule has 27 heavy (non-hydrogen) atoms. The van der Waals surface area contributed by atoms with Gasteiger partial charge in [-0.15, -0.1) is 0 Å². The van der Waals surface area contributed by atoms with Gasteiger partial charge in [-0.05, 0) is 42.7 Å². The first-order valence-corrected chi connectivity index (χ1v) is 9.12. The number of benzene rings is 2. The number of rotatable bonds is 8. The average Bonchev–Trinajstić information content (AvgIpc) is 2.60. The van der Waals surface area contributed by atoms with Gasteiger partial charge in [0.25, 0.3) is 0 Å². The van der Waals surface area contributed by atoms with Gasteiger partial charge in [-0.1, -0.05) is 36.4 Å². The van der Waals surface area contributed by atoms with Gasteiger partial charge in [-0.3, -0.25) is 9.59 Å². The van der Waals surface area contributed by atoms with Gasteiger partial charge in [0.1, 0.15) is 12.4 Å². The lowest BCUT2D eigenvalue weighted by molar-refractivity contribution is -0.131. The Morgan fingerprint density at radius 1 is 1.07 bits per heavy atom. The lowest BCUT2D eigenvalue weighted by atomic mass is 10.0. The Balaban J connectivity index is 1.89. The Morgan fingerprint density at radius 2 is 1.70 bits per heavy atom. The van der Waals surface area contributed by atoms with Crippen LogP contribution in [-0.2, 0) is 9.59 Å². The molecule has 1 atom stereocenters. The first-order chi connectivity index (χ1) is 12.8. The second-order valence-electron chi connectivity index (χ2n) is 6.86. The van der Waals surface area contributed by atoms with Crippen molar-refractivity contribution in [1.29, 1.82) is 0 Å². The molecule has 0 bridgehead atoms. The van der Waals surface area contributed by atoms with Crippen molar-refractivity contribution >= 4 is 11.8 Å². The SMILES string of the molecule is CC(=O)NC(CC(=O)N(C)CCOc1cc(C)cc(C)c1)c1ccccc1. The molecule has 0 radical (unpaired) electrons. The van der Waals surface area contributed by atoms with Crippen LogP contribution in [-0.4, -0.2) is 36.9 Å². The summed E-state index contributed by atoms with van der Waals surface area (Å²) in [5, 5.41) is 2.86. The van der Waals surface area contributed by atoms with Crippen molar-refractivity contribution in [1.82, 2.24) is 10.2 Å². The highest BCUT2D eigenvalue weighted by atomic mass is 16.5. The third-order valence-corrected chi connectivity index (χ3v) is 4.27. The van der Waals surface area contributed by atoms with Crippen LogP contribution in [0.15, 0.2) is 48.5 Å². The minimum Gasteiger partial charge on any atom is -0.492 e. The summed E-state index contributed by atoms with van der Waals surface area (Å²) in [5.41, 5.74) is 3.21. The number of hydrogen-bond acceptors (Lipinski definition) is 3. The molecule has 0 aromatic heterocycles. The summed E-state index contributed by atoms with van der Waals surface area (Å²) < 4.78 is 5.78. The number of amides is 2. The quantitative estimate of drug-likeness (QED) is 0.777. The van der Waals surface area contributed by atoms with E-state index in [9.17, 15) is 9.59 Å². The molecule has 1 N–H and O–H groups in total. The average molecular weight is 368 g/mol. The van der Waals surface area contributed by atoms with Gasteiger partial charge < -0.3 is 15.0 Å². The summed E-state index contributed by atoms with van der Waals surface area (Å²) in [4.78, 5) is 25.7. The molecule has 2 aromatic rings. The van der Waals surface area contributed by atoms with Crippen molar-refractivity contribution in [3.63, 3.8) is 0 Å². The Hall–Kier alpha value is -2.82. The molecule has 0 aliphatic rings. The maximum atomic E-state index is 12.6. The summed E-state index contributed by atoms with van der Waals surface area (Å²) in [6.07, 6.45) is 0.212. The van der Waals surface area contributed by atoms with Crippen LogP contribution in [0.5, 0.6) is 5.75 Å². The minimum atomic E-state index is -0.334. The van der Waals surface area contributed by atoms with Gasteiger partial charge in [-0.2, -0.15) is 0 Å². The Kier molecular flexibility index (Phi) is 7.41. The molecular weight excluding hydrogens is 340 g/mol. The first-order valence-electron chi connectivity index (χ1n) is 9.12. The van der Waals surface area contributed by atoms with Crippen molar-refractivity contribution in [3.8, 4) is 5.75 Å². The van der Waals surface area contributed by atoms with Crippen molar-refractivity contribution in [3.05, 3.63) is 65.2 Å². The minimum absolute atomic E-state index is 0.0402. The largest absolute Gasteiger partial charge is 0.492 e. The molecule has 0 fully saturated rings. The van der Waals surface area contributed by atoms with Crippen molar-refractivity contribution in [2.45, 2.75) is 33.2 Å². The van der Waals surface area contributed by atoms with E-state index in [0.29, 0.717) is 13.2 Å². The van der Waals surface area contributed by atoms with E-state index in [1.54, 1.807) is 11.9 Å². The van der Waals surface area contributed by atoms with Crippen LogP contribution in [0.25, 0.3) is 0 Å². The maximum Gasteiger partial charge on any atom is 0.224 e. The van der Waals surface area contributed by atoms with E-state index in [1.807, 2.05) is 56.3 Å². The number of likely N-dealkylation sites (N-methyl/N-ethyl adjacent to an activating group) is 1. The smallest absolute Gasteiger partial charge is 0.224 e. The lowest BCUT2D eigenvalue weighted by Crippen LogP contribution is -2.35. The highest BCUT2D eigenvalue weighted by Crippen LogP contribution is 2.18. The van der Waals surface area contributed by atoms with Crippen LogP contribution in [0, 0.1) is 13.8 Å². The molecule has 144 valence electrons. The molecule has 0 heterocycles. The molecule has 2 rings (SSSR count). The molecule has 0 aliphatic heterocycles. The van der Waals surface area contributed by atoms with Gasteiger partial charge in [0.2, 0.25) is 11.8 Å². The second kappa shape index (κ2) is 9.76. The standard InChI is InChI=1S/C22H28N2O3/c1-16-12-17(2)14-20(13-16)27-11-10-24(4)22(26)15-21(23-18(3)25)19-8-6-5-7-9-19/h5-9,12-14,21H,10-11,15H2,1-4H3,(H,23,25). The molecule has 0 saturated heterocycles. The first kappa shape index (κ1) is 20.5. The van der Waals surface area contributed by atoms with Crippen molar-refractivity contribution in [2.24, 2.45) is 0 Å². The fraction of sp³-hybridized carbons (Fsp3) is 0.364. The van der Waals surface area contributed by atoms with Crippen LogP contribution in [0.4, 0.5) is 0 Å². The Bertz CT molecular complexity index is 754. The predicted octanol–water partition coefficient (Wildman–Crippen LogP) is 3.41. The van der Waals surface area contributed by atoms with Crippen LogP contribution in [0.2, 0.25) is 0 Å². The van der Waals surface area contributed by atoms with Crippen molar-refractivity contribution in [2.75, 3.05) is 20.2 Å². The fourth-order valence-electron chi connectivity index (χ4n) is 2.95. The molecule has 0 saturated carbocycles. The third kappa shape index (κ3) is 6.77. The molecule has 2 aromatic carbocycles. The molecular formula is C22H28N2O3. The van der Waals surface area contributed by atoms with Crippen molar-refractivity contribution < 1.29 is 14.3 Å². The molecule has 0 aliphatic carbocycles. The zero-order valence-electron chi connectivity index (χ0n) is 16.5. The van der Waals surface area contributed by atoms with Gasteiger partial charge in [0.05, 0.1) is 19.0 Å². The third-order valence-electron chi connectivity index (χ3n) is 4.27. The summed E-state index contributed by atoms with van der Waals surface area (Å²) in [6, 6.07) is 15.3. The number of nitrogens with one attached hydrogen (secondary N) is 1. The number of aryl methyl sites for hydroxylation is 2. The van der Waals surface area contributed by atoms with Gasteiger partial charge in [0, 0.05) is 14.0 Å². The fourth-order valence-corrected chi connectivity index (χ4v) is 2.95. The van der Waals surface area contributed by atoms with Crippen LogP contribution in [0.1, 0.15) is 36.1 Å². The van der Waals surface area contributed by atoms with E-state index in [0.717, 1.165) is 22.4 Å². The molecule has 2 amide bonds. The van der Waals surface area contributed by atoms with Gasteiger partial charge in [-0.25, -0.2) is 0 Å². The van der Waals surface area contributed by atoms with E-state index < -0.39 is 0 Å². The second-order valence-corrected chi connectivity index (χ2v) is 6.86. The van der Waals surface area contributed by atoms with Crippen LogP contribution in [0.3, 0.4) is 0 Å². The van der Waals surface area contributed by atoms with Gasteiger partial charge in [0.15, 0.2) is 0 Å². The van der Waals surface area contributed by atoms with Gasteiger partial charge >= 0.3 is 0 Å². The van der Waals surface area contributed by atoms with E-state index in [1.165, 1.54) is 6.92 Å². The van der Waals surface area contributed by atoms with Crippen LogP contribution < -0.4 is 10.1 Å². The summed E-state index contributed by atoms with van der Waals surface area (Å²) in [6.45, 7) is 6.42. The normalized spacial score (nSPS) is 11.6. The summed E-state index contributed by atoms with van der Waals surface area (Å²) >= 11 is 0. The number of nitrogens with zero attached hydrogens (tertiary/aromatic N) is 1. The zero-order valence-corrected chi connectivity index (χ0v) is 16.5. The lowest BCUT2D eigenvalue weighted by Gasteiger charge is -2.22. The van der Waals surface area contributed by atoms with E-state index in [2.05, 4.69) is 11.4 Å². The van der Waals surface area contributed by atoms with E-state index >= 15 is 0 Å². The molecule has 5 heteroatoms. The Morgan fingerprint density at radius 3 is 2.30 bits per heavy atom. The number of carbonyl (C=O) groups is 2. The zero-order chi connectivity index (χ0) is 19.8.